The Morgan fingerprint density at radius 1 is 1.04 bits per heavy atom. The number of likely N-dealkylation sites (N-methyl/N-ethyl adjacent to an activating group) is 1. The molecule has 0 unspecified atom stereocenters. The first kappa shape index (κ1) is 19.9. The van der Waals surface area contributed by atoms with E-state index in [1.165, 1.54) is 18.4 Å². The lowest BCUT2D eigenvalue weighted by atomic mass is 9.96. The van der Waals surface area contributed by atoms with E-state index in [1.807, 2.05) is 48.2 Å². The molecule has 2 aromatic rings. The summed E-state index contributed by atoms with van der Waals surface area (Å²) in [4.78, 5) is 18.7. The quantitative estimate of drug-likeness (QED) is 0.549. The highest BCUT2D eigenvalue weighted by Gasteiger charge is 2.44. The number of aliphatic imine (C=N–C) groups is 1. The second-order valence-corrected chi connectivity index (χ2v) is 7.32. The third kappa shape index (κ3) is 5.12. The van der Waals surface area contributed by atoms with Gasteiger partial charge in [0.2, 0.25) is 5.91 Å². The van der Waals surface area contributed by atoms with Crippen LogP contribution in [0.25, 0.3) is 0 Å². The number of rotatable bonds is 8. The van der Waals surface area contributed by atoms with Crippen molar-refractivity contribution >= 4 is 11.9 Å². The average molecular weight is 379 g/mol. The first-order chi connectivity index (χ1) is 13.7. The lowest BCUT2D eigenvalue weighted by Gasteiger charge is -2.23. The summed E-state index contributed by atoms with van der Waals surface area (Å²) in [5, 5.41) is 6.57. The molecule has 0 saturated heterocycles. The van der Waals surface area contributed by atoms with Crippen molar-refractivity contribution in [1.29, 1.82) is 0 Å². The smallest absolute Gasteiger partial charge is 0.242 e. The molecular weight excluding hydrogens is 348 g/mol. The van der Waals surface area contributed by atoms with Gasteiger partial charge in [-0.2, -0.15) is 0 Å². The van der Waals surface area contributed by atoms with Gasteiger partial charge in [-0.15, -0.1) is 0 Å². The van der Waals surface area contributed by atoms with E-state index >= 15 is 0 Å². The summed E-state index contributed by atoms with van der Waals surface area (Å²) >= 11 is 0. The van der Waals surface area contributed by atoms with Crippen molar-refractivity contribution in [1.82, 2.24) is 15.5 Å². The molecule has 148 valence electrons. The lowest BCUT2D eigenvalue weighted by Crippen LogP contribution is -2.46. The van der Waals surface area contributed by atoms with E-state index in [2.05, 4.69) is 39.9 Å². The summed E-state index contributed by atoms with van der Waals surface area (Å²) in [5.41, 5.74) is 2.71. The maximum absolute atomic E-state index is 12.6. The van der Waals surface area contributed by atoms with Gasteiger partial charge in [-0.3, -0.25) is 9.79 Å². The summed E-state index contributed by atoms with van der Waals surface area (Å²) in [6.45, 7) is 4.37. The fraction of sp³-hybridized carbons (Fsp3) is 0.391. The maximum atomic E-state index is 12.6. The molecule has 1 aliphatic rings. The van der Waals surface area contributed by atoms with E-state index in [-0.39, 0.29) is 17.9 Å². The monoisotopic (exact) mass is 378 g/mol. The molecule has 0 radical (unpaired) electrons. The highest BCUT2D eigenvalue weighted by molar-refractivity contribution is 5.86. The van der Waals surface area contributed by atoms with E-state index in [0.29, 0.717) is 19.0 Å². The van der Waals surface area contributed by atoms with E-state index < -0.39 is 0 Å². The number of benzene rings is 2. The summed E-state index contributed by atoms with van der Waals surface area (Å²) in [6, 6.07) is 20.7. The molecule has 2 N–H and O–H groups in total. The van der Waals surface area contributed by atoms with Gasteiger partial charge in [0.05, 0.1) is 6.54 Å². The molecule has 1 aliphatic carbocycles. The zero-order valence-electron chi connectivity index (χ0n) is 16.8. The third-order valence-electron chi connectivity index (χ3n) is 5.42. The Balaban J connectivity index is 1.49. The fourth-order valence-corrected chi connectivity index (χ4v) is 3.43. The topological polar surface area (TPSA) is 56.7 Å². The number of carbonyl (C=O) groups excluding carboxylic acids is 1. The molecule has 28 heavy (non-hydrogen) atoms. The maximum Gasteiger partial charge on any atom is 0.242 e. The molecule has 0 spiro atoms. The van der Waals surface area contributed by atoms with Crippen LogP contribution in [0.5, 0.6) is 0 Å². The second-order valence-electron chi connectivity index (χ2n) is 7.32. The van der Waals surface area contributed by atoms with Gasteiger partial charge in [-0.1, -0.05) is 60.7 Å². The molecule has 0 aliphatic heterocycles. The largest absolute Gasteiger partial charge is 0.356 e. The van der Waals surface area contributed by atoms with Crippen LogP contribution in [0, 0.1) is 0 Å². The van der Waals surface area contributed by atoms with Crippen molar-refractivity contribution in [2.75, 3.05) is 26.7 Å². The average Bonchev–Trinajstić information content (AvgIpc) is 3.54. The standard InChI is InChI=1S/C23H30N4O/c1-3-27(17-19-10-6-4-7-11-19)21(28)16-25-22(24-2)26-18-23(14-15-23)20-12-8-5-9-13-20/h4-13H,3,14-18H2,1-2H3,(H2,24,25,26). The van der Waals surface area contributed by atoms with Crippen LogP contribution < -0.4 is 10.6 Å². The molecule has 5 heteroatoms. The lowest BCUT2D eigenvalue weighted by molar-refractivity contribution is -0.130. The zero-order chi connectivity index (χ0) is 19.8. The van der Waals surface area contributed by atoms with Crippen LogP contribution in [0.1, 0.15) is 30.9 Å². The van der Waals surface area contributed by atoms with Gasteiger partial charge in [0.15, 0.2) is 5.96 Å². The van der Waals surface area contributed by atoms with Crippen LogP contribution >= 0.6 is 0 Å². The van der Waals surface area contributed by atoms with Crippen molar-refractivity contribution in [3.63, 3.8) is 0 Å². The molecule has 0 bridgehead atoms. The minimum atomic E-state index is 0.0681. The van der Waals surface area contributed by atoms with Gasteiger partial charge in [-0.25, -0.2) is 0 Å². The van der Waals surface area contributed by atoms with Gasteiger partial charge < -0.3 is 15.5 Å². The Labute approximate surface area is 167 Å². The normalized spacial score (nSPS) is 15.0. The number of nitrogens with zero attached hydrogens (tertiary/aromatic N) is 2. The van der Waals surface area contributed by atoms with Crippen LogP contribution in [-0.2, 0) is 16.8 Å². The predicted octanol–water partition coefficient (Wildman–Crippen LogP) is 2.93. The number of guanidine groups is 1. The van der Waals surface area contributed by atoms with Gasteiger partial charge in [-0.05, 0) is 30.9 Å². The van der Waals surface area contributed by atoms with Gasteiger partial charge >= 0.3 is 0 Å². The Bertz CT molecular complexity index is 785. The Morgan fingerprint density at radius 2 is 1.68 bits per heavy atom. The molecule has 0 heterocycles. The molecule has 3 rings (SSSR count). The summed E-state index contributed by atoms with van der Waals surface area (Å²) < 4.78 is 0. The minimum Gasteiger partial charge on any atom is -0.356 e. The van der Waals surface area contributed by atoms with Crippen LogP contribution in [0.2, 0.25) is 0 Å². The van der Waals surface area contributed by atoms with E-state index in [1.54, 1.807) is 7.05 Å². The third-order valence-corrected chi connectivity index (χ3v) is 5.42. The minimum absolute atomic E-state index is 0.0681. The van der Waals surface area contributed by atoms with Crippen molar-refractivity contribution in [2.24, 2.45) is 4.99 Å². The van der Waals surface area contributed by atoms with Crippen molar-refractivity contribution in [3.05, 3.63) is 71.8 Å². The number of nitrogens with one attached hydrogen (secondary N) is 2. The van der Waals surface area contributed by atoms with Gasteiger partial charge in [0.1, 0.15) is 0 Å². The van der Waals surface area contributed by atoms with Crippen LogP contribution in [0.3, 0.4) is 0 Å². The molecule has 2 aromatic carbocycles. The number of hydrogen-bond acceptors (Lipinski definition) is 2. The molecule has 1 fully saturated rings. The highest BCUT2D eigenvalue weighted by atomic mass is 16.2. The van der Waals surface area contributed by atoms with Crippen LogP contribution in [-0.4, -0.2) is 43.4 Å². The van der Waals surface area contributed by atoms with E-state index in [4.69, 9.17) is 0 Å². The van der Waals surface area contributed by atoms with Gasteiger partial charge in [0, 0.05) is 32.1 Å². The van der Waals surface area contributed by atoms with Crippen molar-refractivity contribution in [2.45, 2.75) is 31.7 Å². The summed E-state index contributed by atoms with van der Waals surface area (Å²) in [7, 11) is 1.74. The van der Waals surface area contributed by atoms with Crippen LogP contribution in [0.4, 0.5) is 0 Å². The first-order valence-electron chi connectivity index (χ1n) is 9.98. The van der Waals surface area contributed by atoms with Crippen LogP contribution in [0.15, 0.2) is 65.7 Å². The zero-order valence-corrected chi connectivity index (χ0v) is 16.8. The Hall–Kier alpha value is -2.82. The van der Waals surface area contributed by atoms with E-state index in [0.717, 1.165) is 12.1 Å². The first-order valence-corrected chi connectivity index (χ1v) is 9.98. The van der Waals surface area contributed by atoms with Gasteiger partial charge in [0.25, 0.3) is 0 Å². The van der Waals surface area contributed by atoms with E-state index in [9.17, 15) is 4.79 Å². The molecule has 1 saturated carbocycles. The molecule has 1 amide bonds. The Kier molecular flexibility index (Phi) is 6.69. The van der Waals surface area contributed by atoms with Crippen molar-refractivity contribution < 1.29 is 4.79 Å². The summed E-state index contributed by atoms with van der Waals surface area (Å²) in [5.74, 6) is 0.741. The molecule has 0 aromatic heterocycles. The molecule has 5 nitrogen and oxygen atoms in total. The van der Waals surface area contributed by atoms with Crippen molar-refractivity contribution in [3.8, 4) is 0 Å². The molecule has 0 atom stereocenters. The predicted molar refractivity (Wildman–Crippen MR) is 114 cm³/mol. The fourth-order valence-electron chi connectivity index (χ4n) is 3.43. The SMILES string of the molecule is CCN(Cc1ccccc1)C(=O)CNC(=NC)NCC1(c2ccccc2)CC1. The number of carbonyl (C=O) groups is 1. The number of hydrogen-bond donors (Lipinski definition) is 2. The molecular formula is C23H30N4O. The highest BCUT2D eigenvalue weighted by Crippen LogP contribution is 2.47. The Morgan fingerprint density at radius 3 is 2.25 bits per heavy atom. The summed E-state index contributed by atoms with van der Waals surface area (Å²) in [6.07, 6.45) is 2.36. The second kappa shape index (κ2) is 9.40. The number of amides is 1.